The first kappa shape index (κ1) is 16.8. The van der Waals surface area contributed by atoms with Crippen LogP contribution in [0, 0.1) is 0 Å². The number of hydrogen-bond acceptors (Lipinski definition) is 3. The minimum absolute atomic E-state index is 0.00374. The monoisotopic (exact) mass is 367 g/mol. The largest absolute Gasteiger partial charge is 0.483 e. The van der Waals surface area contributed by atoms with Crippen molar-refractivity contribution >= 4 is 17.2 Å². The maximum atomic E-state index is 6.10. The number of fused-ring (bicyclic) bond motifs is 2. The minimum Gasteiger partial charge on any atom is -0.483 e. The van der Waals surface area contributed by atoms with Crippen molar-refractivity contribution in [3.63, 3.8) is 0 Å². The Labute approximate surface area is 164 Å². The van der Waals surface area contributed by atoms with Gasteiger partial charge in [0, 0.05) is 11.8 Å². The first-order chi connectivity index (χ1) is 13.6. The van der Waals surface area contributed by atoms with Crippen molar-refractivity contribution in [2.24, 2.45) is 0 Å². The van der Waals surface area contributed by atoms with E-state index in [0.717, 1.165) is 22.5 Å². The third kappa shape index (κ3) is 2.87. The van der Waals surface area contributed by atoms with Crippen LogP contribution in [0.5, 0.6) is 5.75 Å². The molecule has 4 nitrogen and oxygen atoms in total. The highest BCUT2D eigenvalue weighted by Gasteiger charge is 2.24. The van der Waals surface area contributed by atoms with Crippen LogP contribution in [0.1, 0.15) is 36.6 Å². The van der Waals surface area contributed by atoms with Crippen LogP contribution in [0.2, 0.25) is 0 Å². The molecule has 0 aliphatic carbocycles. The van der Waals surface area contributed by atoms with Crippen LogP contribution in [0.3, 0.4) is 0 Å². The van der Waals surface area contributed by atoms with Gasteiger partial charge in [-0.05, 0) is 55.3 Å². The van der Waals surface area contributed by atoms with Crippen LogP contribution in [-0.2, 0) is 0 Å². The molecule has 0 amide bonds. The standard InChI is InChI=1S/C24H21N3O/c1-24(2)13-12-18-15-19(10-11-21(18)28-24)22(17-7-4-3-5-8-17)27-16-26-23-20(27)9-6-14-25-23/h3-16,22H,1-2H3. The molecule has 0 bridgehead atoms. The van der Waals surface area contributed by atoms with Crippen molar-refractivity contribution in [1.82, 2.24) is 14.5 Å². The number of hydrogen-bond donors (Lipinski definition) is 0. The summed E-state index contributed by atoms with van der Waals surface area (Å²) in [6.07, 6.45) is 7.91. The van der Waals surface area contributed by atoms with Gasteiger partial charge in [0.25, 0.3) is 0 Å². The number of rotatable bonds is 3. The van der Waals surface area contributed by atoms with Crippen LogP contribution in [-0.4, -0.2) is 20.1 Å². The van der Waals surface area contributed by atoms with E-state index in [4.69, 9.17) is 4.74 Å². The second kappa shape index (κ2) is 6.34. The molecule has 28 heavy (non-hydrogen) atoms. The number of imidazole rings is 1. The molecule has 1 atom stereocenters. The number of pyridine rings is 1. The number of ether oxygens (including phenoxy) is 1. The van der Waals surface area contributed by atoms with Gasteiger partial charge in [0.15, 0.2) is 5.65 Å². The quantitative estimate of drug-likeness (QED) is 0.496. The molecule has 0 fully saturated rings. The summed E-state index contributed by atoms with van der Waals surface area (Å²) in [5, 5.41) is 0. The molecule has 1 aliphatic heterocycles. The van der Waals surface area contributed by atoms with Crippen molar-refractivity contribution < 1.29 is 4.74 Å². The Bertz CT molecular complexity index is 1170. The summed E-state index contributed by atoms with van der Waals surface area (Å²) in [5.74, 6) is 0.917. The lowest BCUT2D eigenvalue weighted by Crippen LogP contribution is -2.27. The summed E-state index contributed by atoms with van der Waals surface area (Å²) in [7, 11) is 0. The molecular formula is C24H21N3O. The van der Waals surface area contributed by atoms with Crippen LogP contribution in [0.25, 0.3) is 17.2 Å². The molecular weight excluding hydrogens is 346 g/mol. The highest BCUT2D eigenvalue weighted by molar-refractivity contribution is 5.71. The maximum Gasteiger partial charge on any atom is 0.177 e. The van der Waals surface area contributed by atoms with Crippen molar-refractivity contribution in [2.45, 2.75) is 25.5 Å². The van der Waals surface area contributed by atoms with Crippen molar-refractivity contribution in [3.8, 4) is 5.75 Å². The highest BCUT2D eigenvalue weighted by atomic mass is 16.5. The van der Waals surface area contributed by atoms with E-state index < -0.39 is 0 Å². The first-order valence-corrected chi connectivity index (χ1v) is 9.45. The predicted molar refractivity (Wildman–Crippen MR) is 111 cm³/mol. The molecule has 0 saturated heterocycles. The van der Waals surface area contributed by atoms with Crippen LogP contribution >= 0.6 is 0 Å². The molecule has 0 spiro atoms. The molecule has 4 heteroatoms. The average molecular weight is 367 g/mol. The summed E-state index contributed by atoms with van der Waals surface area (Å²) >= 11 is 0. The zero-order valence-electron chi connectivity index (χ0n) is 15.9. The lowest BCUT2D eigenvalue weighted by molar-refractivity contribution is 0.159. The maximum absolute atomic E-state index is 6.10. The summed E-state index contributed by atoms with van der Waals surface area (Å²) in [5.41, 5.74) is 4.97. The Kier molecular flexibility index (Phi) is 3.79. The van der Waals surface area contributed by atoms with Gasteiger partial charge in [0.05, 0.1) is 17.9 Å². The minimum atomic E-state index is -0.278. The zero-order valence-corrected chi connectivity index (χ0v) is 15.9. The molecule has 0 N–H and O–H groups in total. The third-order valence-electron chi connectivity index (χ3n) is 5.13. The van der Waals surface area contributed by atoms with Crippen LogP contribution in [0.4, 0.5) is 0 Å². The Morgan fingerprint density at radius 2 is 1.79 bits per heavy atom. The smallest absolute Gasteiger partial charge is 0.177 e. The predicted octanol–water partition coefficient (Wildman–Crippen LogP) is 5.25. The van der Waals surface area contributed by atoms with Gasteiger partial charge < -0.3 is 9.30 Å². The molecule has 5 rings (SSSR count). The Hall–Kier alpha value is -3.40. The zero-order chi connectivity index (χ0) is 19.1. The van der Waals surface area contributed by atoms with E-state index in [1.165, 1.54) is 11.1 Å². The molecule has 0 saturated carbocycles. The van der Waals surface area contributed by atoms with Crippen molar-refractivity contribution in [2.75, 3.05) is 0 Å². The van der Waals surface area contributed by atoms with Gasteiger partial charge in [-0.25, -0.2) is 9.97 Å². The summed E-state index contributed by atoms with van der Waals surface area (Å²) in [4.78, 5) is 8.90. The fraction of sp³-hybridized carbons (Fsp3) is 0.167. The Morgan fingerprint density at radius 1 is 0.929 bits per heavy atom. The molecule has 0 radical (unpaired) electrons. The normalized spacial score (nSPS) is 15.8. The van der Waals surface area contributed by atoms with E-state index in [9.17, 15) is 0 Å². The third-order valence-corrected chi connectivity index (χ3v) is 5.13. The molecule has 138 valence electrons. The molecule has 4 aromatic rings. The molecule has 3 heterocycles. The molecule has 1 unspecified atom stereocenters. The first-order valence-electron chi connectivity index (χ1n) is 9.45. The second-order valence-electron chi connectivity index (χ2n) is 7.65. The van der Waals surface area contributed by atoms with Crippen LogP contribution < -0.4 is 4.74 Å². The van der Waals surface area contributed by atoms with Crippen LogP contribution in [0.15, 0.2) is 79.3 Å². The van der Waals surface area contributed by atoms with E-state index in [2.05, 4.69) is 89.1 Å². The van der Waals surface area contributed by atoms with Gasteiger partial charge in [-0.1, -0.05) is 42.5 Å². The summed E-state index contributed by atoms with van der Waals surface area (Å²) < 4.78 is 8.30. The number of benzene rings is 2. The van der Waals surface area contributed by atoms with E-state index in [-0.39, 0.29) is 11.6 Å². The Balaban J connectivity index is 1.68. The van der Waals surface area contributed by atoms with E-state index in [1.807, 2.05) is 18.5 Å². The summed E-state index contributed by atoms with van der Waals surface area (Å²) in [6, 6.07) is 20.9. The van der Waals surface area contributed by atoms with Gasteiger partial charge in [-0.3, -0.25) is 0 Å². The average Bonchev–Trinajstić information content (AvgIpc) is 3.13. The van der Waals surface area contributed by atoms with Gasteiger partial charge in [-0.15, -0.1) is 0 Å². The topological polar surface area (TPSA) is 39.9 Å². The summed E-state index contributed by atoms with van der Waals surface area (Å²) in [6.45, 7) is 4.13. The number of nitrogens with zero attached hydrogens (tertiary/aromatic N) is 3. The second-order valence-corrected chi connectivity index (χ2v) is 7.65. The van der Waals surface area contributed by atoms with Gasteiger partial charge >= 0.3 is 0 Å². The molecule has 2 aromatic carbocycles. The Morgan fingerprint density at radius 3 is 2.64 bits per heavy atom. The van der Waals surface area contributed by atoms with E-state index in [0.29, 0.717) is 0 Å². The SMILES string of the molecule is CC1(C)C=Cc2cc(C(c3ccccc3)n3cnc4ncccc43)ccc2O1. The lowest BCUT2D eigenvalue weighted by Gasteiger charge is -2.29. The van der Waals surface area contributed by atoms with Crippen molar-refractivity contribution in [3.05, 3.63) is 96.0 Å². The molecule has 1 aliphatic rings. The lowest BCUT2D eigenvalue weighted by atomic mass is 9.94. The van der Waals surface area contributed by atoms with Gasteiger partial charge in [0.1, 0.15) is 11.4 Å². The van der Waals surface area contributed by atoms with Gasteiger partial charge in [-0.2, -0.15) is 0 Å². The van der Waals surface area contributed by atoms with Crippen molar-refractivity contribution in [1.29, 1.82) is 0 Å². The van der Waals surface area contributed by atoms with Gasteiger partial charge in [0.2, 0.25) is 0 Å². The van der Waals surface area contributed by atoms with E-state index in [1.54, 1.807) is 6.20 Å². The fourth-order valence-corrected chi connectivity index (χ4v) is 3.79. The van der Waals surface area contributed by atoms with E-state index >= 15 is 0 Å². The molecule has 2 aromatic heterocycles. The number of aromatic nitrogens is 3. The fourth-order valence-electron chi connectivity index (χ4n) is 3.79. The highest BCUT2D eigenvalue weighted by Crippen LogP contribution is 2.36.